The third kappa shape index (κ3) is 3.39. The van der Waals surface area contributed by atoms with Crippen molar-refractivity contribution >= 4 is 27.9 Å². The molecule has 0 saturated heterocycles. The van der Waals surface area contributed by atoms with Crippen LogP contribution < -0.4 is 0 Å². The summed E-state index contributed by atoms with van der Waals surface area (Å²) in [5.41, 5.74) is 0. The number of rotatable bonds is 3. The Labute approximate surface area is 78.3 Å². The van der Waals surface area contributed by atoms with Crippen LogP contribution in [0, 0.1) is 12.5 Å². The Morgan fingerprint density at radius 1 is 1.58 bits per heavy atom. The third-order valence-corrected chi connectivity index (χ3v) is 1.61. The summed E-state index contributed by atoms with van der Waals surface area (Å²) in [5, 5.41) is 0. The maximum atomic E-state index is 10.8. The SMILES string of the molecule is C#COC(=O)C(Br)C(=O)OCC. The van der Waals surface area contributed by atoms with Crippen LogP contribution in [0.25, 0.3) is 0 Å². The third-order valence-electron chi connectivity index (χ3n) is 0.860. The molecule has 0 aromatic rings. The molecular weight excluding hydrogens is 228 g/mol. The summed E-state index contributed by atoms with van der Waals surface area (Å²) >= 11 is 2.77. The first-order valence-electron chi connectivity index (χ1n) is 3.10. The van der Waals surface area contributed by atoms with Gasteiger partial charge in [-0.1, -0.05) is 22.4 Å². The fourth-order valence-corrected chi connectivity index (χ4v) is 0.647. The monoisotopic (exact) mass is 234 g/mol. The minimum absolute atomic E-state index is 0.199. The number of esters is 2. The first kappa shape index (κ1) is 11.0. The standard InChI is InChI=1S/C7H7BrO4/c1-3-11-6(9)5(8)7(10)12-4-2/h1,5H,4H2,2H3. The zero-order chi connectivity index (χ0) is 9.56. The Bertz CT molecular complexity index is 218. The van der Waals surface area contributed by atoms with Crippen molar-refractivity contribution in [2.45, 2.75) is 11.8 Å². The van der Waals surface area contributed by atoms with Crippen molar-refractivity contribution in [3.63, 3.8) is 0 Å². The number of hydrogen-bond acceptors (Lipinski definition) is 4. The highest BCUT2D eigenvalue weighted by Gasteiger charge is 2.26. The van der Waals surface area contributed by atoms with Gasteiger partial charge < -0.3 is 9.47 Å². The number of carbonyl (C=O) groups is 2. The predicted octanol–water partition coefficient (Wildman–Crippen LogP) is 0.447. The van der Waals surface area contributed by atoms with Crippen molar-refractivity contribution in [1.82, 2.24) is 0 Å². The number of terminal acetylenes is 1. The van der Waals surface area contributed by atoms with E-state index in [-0.39, 0.29) is 6.61 Å². The first-order chi connectivity index (χ1) is 5.63. The first-order valence-corrected chi connectivity index (χ1v) is 4.02. The predicted molar refractivity (Wildman–Crippen MR) is 44.3 cm³/mol. The van der Waals surface area contributed by atoms with Gasteiger partial charge in [0.15, 0.2) is 0 Å². The Morgan fingerprint density at radius 2 is 2.17 bits per heavy atom. The van der Waals surface area contributed by atoms with Crippen LogP contribution in [0.2, 0.25) is 0 Å². The number of ether oxygens (including phenoxy) is 2. The largest absolute Gasteiger partial charge is 0.465 e. The molecule has 0 saturated carbocycles. The van der Waals surface area contributed by atoms with Gasteiger partial charge in [-0.2, -0.15) is 0 Å². The number of hydrogen-bond donors (Lipinski definition) is 0. The van der Waals surface area contributed by atoms with Crippen molar-refractivity contribution in [1.29, 1.82) is 0 Å². The molecule has 0 aliphatic carbocycles. The Hall–Kier alpha value is -1.02. The molecule has 0 aliphatic rings. The highest BCUT2D eigenvalue weighted by atomic mass is 79.9. The lowest BCUT2D eigenvalue weighted by molar-refractivity contribution is -0.149. The molecule has 66 valence electrons. The lowest BCUT2D eigenvalue weighted by Crippen LogP contribution is -2.27. The van der Waals surface area contributed by atoms with Gasteiger partial charge in [-0.3, -0.25) is 4.79 Å². The fraction of sp³-hybridized carbons (Fsp3) is 0.429. The second-order valence-electron chi connectivity index (χ2n) is 1.65. The summed E-state index contributed by atoms with van der Waals surface area (Å²) in [7, 11) is 0. The van der Waals surface area contributed by atoms with Crippen LogP contribution in [-0.4, -0.2) is 23.4 Å². The lowest BCUT2D eigenvalue weighted by atomic mass is 10.4. The minimum atomic E-state index is -1.14. The van der Waals surface area contributed by atoms with E-state index in [0.717, 1.165) is 0 Å². The topological polar surface area (TPSA) is 52.6 Å². The van der Waals surface area contributed by atoms with Gasteiger partial charge in [-0.15, -0.1) is 0 Å². The molecule has 0 radical (unpaired) electrons. The van der Waals surface area contributed by atoms with Gasteiger partial charge in [0.2, 0.25) is 4.83 Å². The Balaban J connectivity index is 4.02. The molecule has 0 heterocycles. The molecule has 1 unspecified atom stereocenters. The van der Waals surface area contributed by atoms with Gasteiger partial charge in [0.1, 0.15) is 6.11 Å². The maximum Gasteiger partial charge on any atom is 0.345 e. The molecule has 4 nitrogen and oxygen atoms in total. The van der Waals surface area contributed by atoms with Crippen molar-refractivity contribution in [2.75, 3.05) is 6.61 Å². The molecule has 5 heteroatoms. The number of alkyl halides is 1. The van der Waals surface area contributed by atoms with E-state index in [0.29, 0.717) is 0 Å². The molecule has 0 fully saturated rings. The molecule has 1 atom stereocenters. The van der Waals surface area contributed by atoms with Crippen molar-refractivity contribution in [3.8, 4) is 12.5 Å². The normalized spacial score (nSPS) is 11.1. The van der Waals surface area contributed by atoms with Crippen LogP contribution in [0.3, 0.4) is 0 Å². The summed E-state index contributed by atoms with van der Waals surface area (Å²) in [6, 6.07) is 0. The van der Waals surface area contributed by atoms with E-state index in [9.17, 15) is 9.59 Å². The average Bonchev–Trinajstić information content (AvgIpc) is 2.04. The Kier molecular flexibility index (Phi) is 5.13. The average molecular weight is 235 g/mol. The smallest absolute Gasteiger partial charge is 0.345 e. The maximum absolute atomic E-state index is 10.8. The molecule has 0 rings (SSSR count). The van der Waals surface area contributed by atoms with E-state index >= 15 is 0 Å². The lowest BCUT2D eigenvalue weighted by Gasteiger charge is -2.04. The summed E-state index contributed by atoms with van der Waals surface area (Å²) < 4.78 is 8.63. The number of carbonyl (C=O) groups excluding carboxylic acids is 2. The summed E-state index contributed by atoms with van der Waals surface area (Å²) in [4.78, 5) is 20.4. The van der Waals surface area contributed by atoms with E-state index in [2.05, 4.69) is 31.8 Å². The highest BCUT2D eigenvalue weighted by Crippen LogP contribution is 2.04. The van der Waals surface area contributed by atoms with Gasteiger partial charge in [-0.05, 0) is 6.92 Å². The van der Waals surface area contributed by atoms with Gasteiger partial charge in [0, 0.05) is 0 Å². The van der Waals surface area contributed by atoms with E-state index < -0.39 is 16.8 Å². The van der Waals surface area contributed by atoms with Crippen LogP contribution in [0.4, 0.5) is 0 Å². The van der Waals surface area contributed by atoms with Crippen LogP contribution in [0.5, 0.6) is 0 Å². The highest BCUT2D eigenvalue weighted by molar-refractivity contribution is 9.10. The van der Waals surface area contributed by atoms with E-state index in [1.54, 1.807) is 13.0 Å². The molecule has 0 aliphatic heterocycles. The summed E-state index contributed by atoms with van der Waals surface area (Å²) in [5.74, 6) is -1.56. The van der Waals surface area contributed by atoms with Crippen LogP contribution in [-0.2, 0) is 19.1 Å². The Morgan fingerprint density at radius 3 is 2.58 bits per heavy atom. The van der Waals surface area contributed by atoms with Crippen LogP contribution >= 0.6 is 15.9 Å². The molecule has 0 aromatic heterocycles. The molecule has 0 bridgehead atoms. The van der Waals surface area contributed by atoms with E-state index in [1.165, 1.54) is 0 Å². The van der Waals surface area contributed by atoms with Crippen molar-refractivity contribution < 1.29 is 19.1 Å². The van der Waals surface area contributed by atoms with Crippen LogP contribution in [0.15, 0.2) is 0 Å². The zero-order valence-electron chi connectivity index (χ0n) is 6.37. The van der Waals surface area contributed by atoms with Gasteiger partial charge in [0.25, 0.3) is 0 Å². The fourth-order valence-electron chi connectivity index (χ4n) is 0.421. The second kappa shape index (κ2) is 5.61. The molecule has 0 amide bonds. The summed E-state index contributed by atoms with van der Waals surface area (Å²) in [6.45, 7) is 1.83. The van der Waals surface area contributed by atoms with Gasteiger partial charge in [0.05, 0.1) is 6.61 Å². The summed E-state index contributed by atoms with van der Waals surface area (Å²) in [6.07, 6.45) is 6.33. The molecule has 12 heavy (non-hydrogen) atoms. The van der Waals surface area contributed by atoms with Crippen molar-refractivity contribution in [3.05, 3.63) is 0 Å². The van der Waals surface area contributed by atoms with Gasteiger partial charge in [-0.25, -0.2) is 4.79 Å². The zero-order valence-corrected chi connectivity index (χ0v) is 7.96. The molecule has 0 aromatic carbocycles. The molecule has 0 spiro atoms. The molecule has 0 N–H and O–H groups in total. The number of halogens is 1. The van der Waals surface area contributed by atoms with E-state index in [4.69, 9.17) is 0 Å². The quantitative estimate of drug-likeness (QED) is 0.308. The van der Waals surface area contributed by atoms with Crippen LogP contribution in [0.1, 0.15) is 6.92 Å². The second-order valence-corrected chi connectivity index (χ2v) is 2.57. The van der Waals surface area contributed by atoms with Crippen molar-refractivity contribution in [2.24, 2.45) is 0 Å². The van der Waals surface area contributed by atoms with Gasteiger partial charge >= 0.3 is 11.9 Å². The van der Waals surface area contributed by atoms with E-state index in [1.807, 2.05) is 0 Å². The minimum Gasteiger partial charge on any atom is -0.465 e. The molecular formula is C7H7BrO4.